The van der Waals surface area contributed by atoms with Gasteiger partial charge in [0.1, 0.15) is 17.2 Å². The summed E-state index contributed by atoms with van der Waals surface area (Å²) in [4.78, 5) is 44.4. The highest BCUT2D eigenvalue weighted by atomic mass is 32.2. The van der Waals surface area contributed by atoms with Crippen LogP contribution in [0, 0.1) is 0 Å². The number of carbonyl (C=O) groups excluding carboxylic acids is 3. The minimum atomic E-state index is -0.505. The second-order valence-electron chi connectivity index (χ2n) is 9.71. The fourth-order valence-electron chi connectivity index (χ4n) is 4.29. The maximum Gasteiger partial charge on any atom is 0.272 e. The Kier molecular flexibility index (Phi) is 10.8. The van der Waals surface area contributed by atoms with E-state index in [0.717, 1.165) is 10.5 Å². The zero-order valence-electron chi connectivity index (χ0n) is 25.0. The average Bonchev–Trinajstić information content (AvgIpc) is 3.56. The largest absolute Gasteiger partial charge is 0.497 e. The summed E-state index contributed by atoms with van der Waals surface area (Å²) in [7, 11) is 3.18. The van der Waals surface area contributed by atoms with E-state index in [2.05, 4.69) is 20.9 Å². The molecule has 3 amide bonds. The van der Waals surface area contributed by atoms with Crippen molar-refractivity contribution >= 4 is 57.7 Å². The van der Waals surface area contributed by atoms with Crippen molar-refractivity contribution in [2.24, 2.45) is 0 Å². The number of amides is 3. The first-order valence-electron chi connectivity index (χ1n) is 14.1. The molecule has 5 aromatic rings. The van der Waals surface area contributed by atoms with Gasteiger partial charge in [0.25, 0.3) is 11.8 Å². The summed E-state index contributed by atoms with van der Waals surface area (Å²) >= 11 is 2.65. The van der Waals surface area contributed by atoms with Gasteiger partial charge in [0.15, 0.2) is 5.13 Å². The van der Waals surface area contributed by atoms with Gasteiger partial charge in [-0.2, -0.15) is 0 Å². The summed E-state index contributed by atoms with van der Waals surface area (Å²) in [5.41, 5.74) is 3.25. The summed E-state index contributed by atoms with van der Waals surface area (Å²) in [5.74, 6) is 0.375. The Morgan fingerprint density at radius 2 is 1.61 bits per heavy atom. The van der Waals surface area contributed by atoms with Crippen molar-refractivity contribution in [2.75, 3.05) is 30.6 Å². The molecule has 5 rings (SSSR count). The maximum atomic E-state index is 13.4. The van der Waals surface area contributed by atoms with Gasteiger partial charge in [-0.05, 0) is 66.2 Å². The molecule has 0 bridgehead atoms. The first kappa shape index (κ1) is 32.0. The summed E-state index contributed by atoms with van der Waals surface area (Å²) in [6.07, 6.45) is 1.59. The number of nitrogens with zero attached hydrogens (tertiary/aromatic N) is 1. The van der Waals surface area contributed by atoms with Crippen molar-refractivity contribution < 1.29 is 23.9 Å². The van der Waals surface area contributed by atoms with Crippen molar-refractivity contribution in [3.05, 3.63) is 125 Å². The molecule has 0 spiro atoms. The highest BCUT2D eigenvalue weighted by Crippen LogP contribution is 2.32. The molecule has 1 aromatic heterocycles. The van der Waals surface area contributed by atoms with Crippen LogP contribution in [0.1, 0.15) is 15.9 Å². The van der Waals surface area contributed by atoms with Crippen molar-refractivity contribution in [3.63, 3.8) is 0 Å². The Labute approximate surface area is 274 Å². The number of nitrogens with one attached hydrogen (secondary N) is 3. The minimum absolute atomic E-state index is 0.0624. The molecule has 0 fully saturated rings. The number of benzene rings is 4. The Bertz CT molecular complexity index is 1860. The van der Waals surface area contributed by atoms with Gasteiger partial charge in [0.05, 0.1) is 25.7 Å². The van der Waals surface area contributed by atoms with Gasteiger partial charge in [0.2, 0.25) is 5.91 Å². The van der Waals surface area contributed by atoms with Crippen LogP contribution in [0.25, 0.3) is 17.3 Å². The maximum absolute atomic E-state index is 13.4. The summed E-state index contributed by atoms with van der Waals surface area (Å²) in [5, 5.41) is 10.8. The average molecular weight is 651 g/mol. The molecule has 232 valence electrons. The van der Waals surface area contributed by atoms with E-state index in [0.29, 0.717) is 39.1 Å². The van der Waals surface area contributed by atoms with E-state index >= 15 is 0 Å². The fraction of sp³-hybridized carbons (Fsp3) is 0.0857. The third-order valence-electron chi connectivity index (χ3n) is 6.55. The molecule has 0 unspecified atom stereocenters. The SMILES string of the molecule is COc1ccc(/C=C(/NC(=O)c2ccccc2)C(=O)Nc2cccc(SCC(=O)Nc3nc(-c4ccccc4OC)cs3)c2)cc1. The van der Waals surface area contributed by atoms with Crippen LogP contribution >= 0.6 is 23.1 Å². The van der Waals surface area contributed by atoms with E-state index in [1.54, 1.807) is 87.0 Å². The second kappa shape index (κ2) is 15.6. The molecule has 46 heavy (non-hydrogen) atoms. The number of thioether (sulfide) groups is 1. The second-order valence-corrected chi connectivity index (χ2v) is 11.6. The first-order valence-corrected chi connectivity index (χ1v) is 15.9. The van der Waals surface area contributed by atoms with E-state index in [1.165, 1.54) is 23.1 Å². The third kappa shape index (κ3) is 8.62. The van der Waals surface area contributed by atoms with Crippen molar-refractivity contribution in [3.8, 4) is 22.8 Å². The predicted octanol–water partition coefficient (Wildman–Crippen LogP) is 6.97. The fourth-order valence-corrected chi connectivity index (χ4v) is 5.77. The molecule has 0 atom stereocenters. The topological polar surface area (TPSA) is 119 Å². The zero-order chi connectivity index (χ0) is 32.3. The number of carbonyl (C=O) groups is 3. The molecule has 0 aliphatic carbocycles. The van der Waals surface area contributed by atoms with Crippen molar-refractivity contribution in [1.29, 1.82) is 0 Å². The number of hydrogen-bond acceptors (Lipinski definition) is 8. The number of ether oxygens (including phenoxy) is 2. The van der Waals surface area contributed by atoms with E-state index < -0.39 is 11.8 Å². The molecular weight excluding hydrogens is 621 g/mol. The molecule has 0 aliphatic rings. The Morgan fingerprint density at radius 1 is 0.848 bits per heavy atom. The van der Waals surface area contributed by atoms with Crippen molar-refractivity contribution in [1.82, 2.24) is 10.3 Å². The molecule has 0 aliphatic heterocycles. The van der Waals surface area contributed by atoms with Gasteiger partial charge in [-0.25, -0.2) is 4.98 Å². The van der Waals surface area contributed by atoms with Gasteiger partial charge in [0, 0.05) is 27.1 Å². The monoisotopic (exact) mass is 650 g/mol. The van der Waals surface area contributed by atoms with Crippen LogP contribution in [0.4, 0.5) is 10.8 Å². The zero-order valence-corrected chi connectivity index (χ0v) is 26.6. The standard InChI is InChI=1S/C35H30N4O5S2/c1-43-26-17-15-23(16-18-26)19-29(37-33(41)24-9-4-3-5-10-24)34(42)36-25-11-8-12-27(20-25)45-22-32(40)39-35-38-30(21-46-35)28-13-6-7-14-31(28)44-2/h3-21H,22H2,1-2H3,(H,36,42)(H,37,41)(H,38,39,40)/b29-19+. The number of hydrogen-bond donors (Lipinski definition) is 3. The molecule has 4 aromatic carbocycles. The smallest absolute Gasteiger partial charge is 0.272 e. The van der Waals surface area contributed by atoms with Crippen LogP contribution in [-0.2, 0) is 9.59 Å². The van der Waals surface area contributed by atoms with E-state index in [-0.39, 0.29) is 17.4 Å². The number of para-hydroxylation sites is 1. The molecule has 0 saturated heterocycles. The number of thiazole rings is 1. The van der Waals surface area contributed by atoms with Crippen LogP contribution in [0.2, 0.25) is 0 Å². The molecule has 11 heteroatoms. The number of anilines is 2. The van der Waals surface area contributed by atoms with Gasteiger partial charge in [-0.15, -0.1) is 23.1 Å². The molecule has 0 saturated carbocycles. The molecule has 9 nitrogen and oxygen atoms in total. The predicted molar refractivity (Wildman–Crippen MR) is 183 cm³/mol. The molecule has 3 N–H and O–H groups in total. The van der Waals surface area contributed by atoms with Crippen LogP contribution in [0.3, 0.4) is 0 Å². The highest BCUT2D eigenvalue weighted by Gasteiger charge is 2.16. The first-order chi connectivity index (χ1) is 22.4. The lowest BCUT2D eigenvalue weighted by molar-refractivity contribution is -0.114. The molecule has 1 heterocycles. The quantitative estimate of drug-likeness (QED) is 0.0986. The third-order valence-corrected chi connectivity index (χ3v) is 8.30. The summed E-state index contributed by atoms with van der Waals surface area (Å²) in [6, 6.07) is 30.5. The number of methoxy groups -OCH3 is 2. The minimum Gasteiger partial charge on any atom is -0.497 e. The highest BCUT2D eigenvalue weighted by molar-refractivity contribution is 8.00. The van der Waals surface area contributed by atoms with Gasteiger partial charge in [-0.1, -0.05) is 48.5 Å². The van der Waals surface area contributed by atoms with Gasteiger partial charge < -0.3 is 25.4 Å². The lowest BCUT2D eigenvalue weighted by Crippen LogP contribution is -2.30. The van der Waals surface area contributed by atoms with Crippen LogP contribution in [-0.4, -0.2) is 42.7 Å². The lowest BCUT2D eigenvalue weighted by Gasteiger charge is -2.12. The van der Waals surface area contributed by atoms with E-state index in [1.807, 2.05) is 41.8 Å². The summed E-state index contributed by atoms with van der Waals surface area (Å²) in [6.45, 7) is 0. The van der Waals surface area contributed by atoms with Crippen LogP contribution < -0.4 is 25.4 Å². The number of rotatable bonds is 12. The van der Waals surface area contributed by atoms with E-state index in [9.17, 15) is 14.4 Å². The normalized spacial score (nSPS) is 11.0. The van der Waals surface area contributed by atoms with Crippen LogP contribution in [0.15, 0.2) is 119 Å². The van der Waals surface area contributed by atoms with Gasteiger partial charge in [-0.3, -0.25) is 14.4 Å². The lowest BCUT2D eigenvalue weighted by atomic mass is 10.1. The Balaban J connectivity index is 1.23. The van der Waals surface area contributed by atoms with E-state index in [4.69, 9.17) is 9.47 Å². The Hall–Kier alpha value is -5.39. The Morgan fingerprint density at radius 3 is 2.37 bits per heavy atom. The molecule has 0 radical (unpaired) electrons. The summed E-state index contributed by atoms with van der Waals surface area (Å²) < 4.78 is 10.6. The van der Waals surface area contributed by atoms with Crippen LogP contribution in [0.5, 0.6) is 11.5 Å². The number of aromatic nitrogens is 1. The molecular formula is C35H30N4O5S2. The van der Waals surface area contributed by atoms with Gasteiger partial charge >= 0.3 is 0 Å². The van der Waals surface area contributed by atoms with Crippen molar-refractivity contribution in [2.45, 2.75) is 4.90 Å².